The van der Waals surface area contributed by atoms with Crippen LogP contribution >= 0.6 is 0 Å². The zero-order valence-corrected chi connectivity index (χ0v) is 8.78. The molecule has 14 heavy (non-hydrogen) atoms. The molecule has 0 aliphatic rings. The van der Waals surface area contributed by atoms with Crippen LogP contribution in [0, 0.1) is 5.92 Å². The number of carbonyl (C=O) groups is 2. The number of nitrogens with two attached hydrogens (primary N) is 1. The largest absolute Gasteiger partial charge is 0.480 e. The molecule has 0 bridgehead atoms. The molecule has 5 nitrogen and oxygen atoms in total. The van der Waals surface area contributed by atoms with Gasteiger partial charge in [0.15, 0.2) is 0 Å². The molecule has 2 atom stereocenters. The summed E-state index contributed by atoms with van der Waals surface area (Å²) in [6.45, 7) is 5.31. The first kappa shape index (κ1) is 12.9. The Hall–Kier alpha value is -1.10. The third kappa shape index (κ3) is 4.81. The molecule has 5 heteroatoms. The van der Waals surface area contributed by atoms with Crippen LogP contribution in [-0.4, -0.2) is 29.1 Å². The highest BCUT2D eigenvalue weighted by Gasteiger charge is 2.22. The van der Waals surface area contributed by atoms with Crippen molar-refractivity contribution in [3.05, 3.63) is 0 Å². The lowest BCUT2D eigenvalue weighted by Gasteiger charge is -2.17. The van der Waals surface area contributed by atoms with Crippen LogP contribution in [0.3, 0.4) is 0 Å². The van der Waals surface area contributed by atoms with Crippen LogP contribution in [0.4, 0.5) is 0 Å². The Balaban J connectivity index is 4.23. The van der Waals surface area contributed by atoms with E-state index in [0.717, 1.165) is 0 Å². The first-order valence-electron chi connectivity index (χ1n) is 4.63. The van der Waals surface area contributed by atoms with E-state index in [0.29, 0.717) is 6.42 Å². The zero-order valence-electron chi connectivity index (χ0n) is 8.78. The van der Waals surface area contributed by atoms with Crippen LogP contribution in [0.15, 0.2) is 0 Å². The molecule has 0 aliphatic heterocycles. The van der Waals surface area contributed by atoms with Gasteiger partial charge >= 0.3 is 5.97 Å². The summed E-state index contributed by atoms with van der Waals surface area (Å²) < 4.78 is 0. The molecule has 0 saturated carbocycles. The first-order valence-corrected chi connectivity index (χ1v) is 4.63. The molecule has 0 spiro atoms. The molecule has 0 heterocycles. The van der Waals surface area contributed by atoms with Crippen molar-refractivity contribution in [2.24, 2.45) is 11.7 Å². The molecule has 0 saturated heterocycles. The van der Waals surface area contributed by atoms with Gasteiger partial charge in [0.2, 0.25) is 5.91 Å². The van der Waals surface area contributed by atoms with Crippen molar-refractivity contribution in [3.63, 3.8) is 0 Å². The number of carbonyl (C=O) groups excluding carboxylic acids is 1. The van der Waals surface area contributed by atoms with Crippen LogP contribution in [0.1, 0.15) is 27.2 Å². The lowest BCUT2D eigenvalue weighted by Crippen LogP contribution is -2.47. The van der Waals surface area contributed by atoms with Gasteiger partial charge < -0.3 is 16.2 Å². The number of carboxylic acids is 1. The van der Waals surface area contributed by atoms with Gasteiger partial charge in [-0.3, -0.25) is 4.79 Å². The van der Waals surface area contributed by atoms with E-state index >= 15 is 0 Å². The highest BCUT2D eigenvalue weighted by molar-refractivity contribution is 5.86. The number of aliphatic carboxylic acids is 1. The fourth-order valence-electron chi connectivity index (χ4n) is 0.996. The van der Waals surface area contributed by atoms with Crippen molar-refractivity contribution in [2.45, 2.75) is 39.3 Å². The smallest absolute Gasteiger partial charge is 0.326 e. The van der Waals surface area contributed by atoms with E-state index in [1.807, 2.05) is 13.8 Å². The number of amides is 1. The minimum atomic E-state index is -1.02. The van der Waals surface area contributed by atoms with Gasteiger partial charge in [0, 0.05) is 0 Å². The average molecular weight is 202 g/mol. The molecule has 82 valence electrons. The van der Waals surface area contributed by atoms with Crippen LogP contribution in [0.25, 0.3) is 0 Å². The van der Waals surface area contributed by atoms with E-state index < -0.39 is 24.0 Å². The Kier molecular flexibility index (Phi) is 5.15. The second-order valence-corrected chi connectivity index (χ2v) is 3.82. The van der Waals surface area contributed by atoms with Gasteiger partial charge in [0.05, 0.1) is 6.04 Å². The molecule has 0 rings (SSSR count). The molecule has 0 aromatic rings. The molecule has 0 radical (unpaired) electrons. The van der Waals surface area contributed by atoms with Crippen molar-refractivity contribution >= 4 is 11.9 Å². The highest BCUT2D eigenvalue weighted by Crippen LogP contribution is 2.04. The number of carboxylic acid groups (broad SMARTS) is 1. The summed E-state index contributed by atoms with van der Waals surface area (Å²) >= 11 is 0. The minimum absolute atomic E-state index is 0.212. The molecular weight excluding hydrogens is 184 g/mol. The van der Waals surface area contributed by atoms with Gasteiger partial charge in [-0.15, -0.1) is 0 Å². The zero-order chi connectivity index (χ0) is 11.3. The second kappa shape index (κ2) is 5.59. The van der Waals surface area contributed by atoms with Crippen molar-refractivity contribution in [1.29, 1.82) is 0 Å². The molecular formula is C9H18N2O3. The Labute approximate surface area is 83.7 Å². The van der Waals surface area contributed by atoms with Crippen molar-refractivity contribution in [3.8, 4) is 0 Å². The van der Waals surface area contributed by atoms with Crippen LogP contribution in [-0.2, 0) is 9.59 Å². The summed E-state index contributed by atoms with van der Waals surface area (Å²) in [7, 11) is 0. The summed E-state index contributed by atoms with van der Waals surface area (Å²) in [5, 5.41) is 11.2. The topological polar surface area (TPSA) is 92.4 Å². The maximum atomic E-state index is 11.1. The van der Waals surface area contributed by atoms with E-state index in [1.54, 1.807) is 0 Å². The van der Waals surface area contributed by atoms with Gasteiger partial charge in [-0.25, -0.2) is 4.79 Å². The SMILES string of the molecule is CC(C)CC(NC(=O)[C@@H](C)N)C(=O)O. The lowest BCUT2D eigenvalue weighted by molar-refractivity contribution is -0.142. The molecule has 0 aliphatic carbocycles. The Morgan fingerprint density at radius 1 is 1.36 bits per heavy atom. The minimum Gasteiger partial charge on any atom is -0.480 e. The third-order valence-corrected chi connectivity index (χ3v) is 1.74. The fourth-order valence-corrected chi connectivity index (χ4v) is 0.996. The monoisotopic (exact) mass is 202 g/mol. The predicted molar refractivity (Wildman–Crippen MR) is 52.7 cm³/mol. The number of hydrogen-bond acceptors (Lipinski definition) is 3. The summed E-state index contributed by atoms with van der Waals surface area (Å²) in [6, 6.07) is -1.52. The van der Waals surface area contributed by atoms with Gasteiger partial charge in [0.1, 0.15) is 6.04 Å². The Morgan fingerprint density at radius 2 is 1.86 bits per heavy atom. The lowest BCUT2D eigenvalue weighted by atomic mass is 10.0. The molecule has 1 amide bonds. The number of nitrogens with one attached hydrogen (secondary N) is 1. The van der Waals surface area contributed by atoms with E-state index in [2.05, 4.69) is 5.32 Å². The Morgan fingerprint density at radius 3 is 2.14 bits per heavy atom. The van der Waals surface area contributed by atoms with Crippen LogP contribution < -0.4 is 11.1 Å². The average Bonchev–Trinajstić information content (AvgIpc) is 2.01. The molecule has 4 N–H and O–H groups in total. The van der Waals surface area contributed by atoms with Gasteiger partial charge in [-0.2, -0.15) is 0 Å². The van der Waals surface area contributed by atoms with Crippen molar-refractivity contribution < 1.29 is 14.7 Å². The Bertz CT molecular complexity index is 214. The quantitative estimate of drug-likeness (QED) is 0.582. The standard InChI is InChI=1S/C9H18N2O3/c1-5(2)4-7(9(13)14)11-8(12)6(3)10/h5-7H,4,10H2,1-3H3,(H,11,12)(H,13,14)/t6-,7?/m1/s1. The van der Waals surface area contributed by atoms with Gasteiger partial charge in [0.25, 0.3) is 0 Å². The predicted octanol–water partition coefficient (Wildman–Crippen LogP) is -0.0509. The fraction of sp³-hybridized carbons (Fsp3) is 0.778. The number of rotatable bonds is 5. The molecule has 1 unspecified atom stereocenters. The van der Waals surface area contributed by atoms with Gasteiger partial charge in [-0.1, -0.05) is 13.8 Å². The number of hydrogen-bond donors (Lipinski definition) is 3. The molecule has 0 fully saturated rings. The van der Waals surface area contributed by atoms with E-state index in [4.69, 9.17) is 10.8 Å². The second-order valence-electron chi connectivity index (χ2n) is 3.82. The summed E-state index contributed by atoms with van der Waals surface area (Å²) in [5.41, 5.74) is 5.31. The van der Waals surface area contributed by atoms with E-state index in [1.165, 1.54) is 6.92 Å². The van der Waals surface area contributed by atoms with E-state index in [-0.39, 0.29) is 5.92 Å². The van der Waals surface area contributed by atoms with Crippen LogP contribution in [0.2, 0.25) is 0 Å². The third-order valence-electron chi connectivity index (χ3n) is 1.74. The normalized spacial score (nSPS) is 14.9. The molecule has 0 aromatic carbocycles. The van der Waals surface area contributed by atoms with Crippen molar-refractivity contribution in [2.75, 3.05) is 0 Å². The van der Waals surface area contributed by atoms with Gasteiger partial charge in [-0.05, 0) is 19.3 Å². The summed E-state index contributed by atoms with van der Waals surface area (Å²) in [5.74, 6) is -1.24. The summed E-state index contributed by atoms with van der Waals surface area (Å²) in [4.78, 5) is 21.9. The van der Waals surface area contributed by atoms with Crippen molar-refractivity contribution in [1.82, 2.24) is 5.32 Å². The summed E-state index contributed by atoms with van der Waals surface area (Å²) in [6.07, 6.45) is 0.411. The van der Waals surface area contributed by atoms with Crippen LogP contribution in [0.5, 0.6) is 0 Å². The van der Waals surface area contributed by atoms with E-state index in [9.17, 15) is 9.59 Å². The maximum Gasteiger partial charge on any atom is 0.326 e. The highest BCUT2D eigenvalue weighted by atomic mass is 16.4. The molecule has 0 aromatic heterocycles. The first-order chi connectivity index (χ1) is 6.34. The maximum absolute atomic E-state index is 11.1.